The third-order valence-corrected chi connectivity index (χ3v) is 2.68. The summed E-state index contributed by atoms with van der Waals surface area (Å²) in [5.74, 6) is 0.525. The van der Waals surface area contributed by atoms with Crippen molar-refractivity contribution in [3.05, 3.63) is 0 Å². The lowest BCUT2D eigenvalue weighted by Crippen LogP contribution is -2.35. The van der Waals surface area contributed by atoms with Gasteiger partial charge in [0.05, 0.1) is 32.5 Å². The van der Waals surface area contributed by atoms with Gasteiger partial charge in [0.15, 0.2) is 0 Å². The summed E-state index contributed by atoms with van der Waals surface area (Å²) in [4.78, 5) is 13.7. The second-order valence-electron chi connectivity index (χ2n) is 4.29. The van der Waals surface area contributed by atoms with Crippen molar-refractivity contribution < 1.29 is 14.3 Å². The maximum atomic E-state index is 11.9. The molecule has 16 heavy (non-hydrogen) atoms. The van der Waals surface area contributed by atoms with Crippen LogP contribution in [0.1, 0.15) is 13.8 Å². The summed E-state index contributed by atoms with van der Waals surface area (Å²) < 4.78 is 10.2. The molecule has 0 aromatic carbocycles. The first-order valence-electron chi connectivity index (χ1n) is 5.75. The predicted octanol–water partition coefficient (Wildman–Crippen LogP) is 0.0633. The first-order chi connectivity index (χ1) is 7.66. The van der Waals surface area contributed by atoms with Crippen LogP contribution in [0.3, 0.4) is 0 Å². The normalized spacial score (nSPS) is 21.1. The van der Waals surface area contributed by atoms with Gasteiger partial charge in [0.25, 0.3) is 0 Å². The number of methoxy groups -OCH3 is 1. The topological polar surface area (TPSA) is 50.8 Å². The number of amides is 1. The maximum Gasteiger partial charge on any atom is 0.241 e. The van der Waals surface area contributed by atoms with E-state index in [1.54, 1.807) is 12.0 Å². The summed E-state index contributed by atoms with van der Waals surface area (Å²) in [6, 6.07) is -0.0287. The Balaban J connectivity index is 2.17. The van der Waals surface area contributed by atoms with Crippen molar-refractivity contribution in [1.29, 1.82) is 0 Å². The van der Waals surface area contributed by atoms with E-state index in [1.807, 2.05) is 13.8 Å². The molecule has 0 bridgehead atoms. The van der Waals surface area contributed by atoms with Crippen molar-refractivity contribution in [2.75, 3.05) is 40.1 Å². The number of nitrogens with one attached hydrogen (secondary N) is 1. The molecule has 94 valence electrons. The SMILES string of the molecule is COCCOCCN1CNC(C(C)C)C1=O. The van der Waals surface area contributed by atoms with E-state index in [4.69, 9.17) is 9.47 Å². The Morgan fingerprint density at radius 2 is 2.19 bits per heavy atom. The Bertz CT molecular complexity index is 221. The van der Waals surface area contributed by atoms with Crippen molar-refractivity contribution in [3.63, 3.8) is 0 Å². The zero-order chi connectivity index (χ0) is 12.0. The van der Waals surface area contributed by atoms with Crippen molar-refractivity contribution >= 4 is 5.91 Å². The van der Waals surface area contributed by atoms with Gasteiger partial charge in [-0.15, -0.1) is 0 Å². The Morgan fingerprint density at radius 1 is 1.44 bits per heavy atom. The minimum Gasteiger partial charge on any atom is -0.382 e. The van der Waals surface area contributed by atoms with Crippen LogP contribution in [0, 0.1) is 5.92 Å². The molecular formula is C11H22N2O3. The highest BCUT2D eigenvalue weighted by molar-refractivity contribution is 5.83. The van der Waals surface area contributed by atoms with E-state index in [-0.39, 0.29) is 11.9 Å². The quantitative estimate of drug-likeness (QED) is 0.629. The minimum absolute atomic E-state index is 0.0287. The number of carbonyl (C=O) groups is 1. The molecule has 1 saturated heterocycles. The molecule has 1 rings (SSSR count). The number of hydrogen-bond donors (Lipinski definition) is 1. The molecule has 1 N–H and O–H groups in total. The Kier molecular flexibility index (Phi) is 5.73. The van der Waals surface area contributed by atoms with Gasteiger partial charge in [-0.05, 0) is 5.92 Å². The smallest absolute Gasteiger partial charge is 0.241 e. The Hall–Kier alpha value is -0.650. The zero-order valence-electron chi connectivity index (χ0n) is 10.4. The molecule has 1 atom stereocenters. The second kappa shape index (κ2) is 6.83. The Labute approximate surface area is 97.1 Å². The van der Waals surface area contributed by atoms with E-state index in [0.29, 0.717) is 39.0 Å². The standard InChI is InChI=1S/C11H22N2O3/c1-9(2)10-11(14)13(8-12-10)4-5-16-7-6-15-3/h9-10,12H,4-8H2,1-3H3. The average Bonchev–Trinajstić information content (AvgIpc) is 2.60. The molecular weight excluding hydrogens is 208 g/mol. The number of nitrogens with zero attached hydrogens (tertiary/aromatic N) is 1. The van der Waals surface area contributed by atoms with E-state index in [2.05, 4.69) is 5.32 Å². The molecule has 1 fully saturated rings. The summed E-state index contributed by atoms with van der Waals surface area (Å²) in [5.41, 5.74) is 0. The van der Waals surface area contributed by atoms with E-state index in [9.17, 15) is 4.79 Å². The molecule has 0 aliphatic carbocycles. The molecule has 1 unspecified atom stereocenters. The molecule has 0 aromatic heterocycles. The lowest BCUT2D eigenvalue weighted by atomic mass is 10.1. The molecule has 0 spiro atoms. The third kappa shape index (κ3) is 3.73. The zero-order valence-corrected chi connectivity index (χ0v) is 10.4. The number of carbonyl (C=O) groups excluding carboxylic acids is 1. The highest BCUT2D eigenvalue weighted by Gasteiger charge is 2.32. The fourth-order valence-electron chi connectivity index (χ4n) is 1.70. The maximum absolute atomic E-state index is 11.9. The van der Waals surface area contributed by atoms with E-state index in [1.165, 1.54) is 0 Å². The predicted molar refractivity (Wildman–Crippen MR) is 61.0 cm³/mol. The fourth-order valence-corrected chi connectivity index (χ4v) is 1.70. The molecule has 0 radical (unpaired) electrons. The number of ether oxygens (including phenoxy) is 2. The largest absolute Gasteiger partial charge is 0.382 e. The summed E-state index contributed by atoms with van der Waals surface area (Å²) in [6.07, 6.45) is 0. The van der Waals surface area contributed by atoms with Gasteiger partial charge in [0.2, 0.25) is 5.91 Å². The van der Waals surface area contributed by atoms with Crippen LogP contribution in [-0.4, -0.2) is 57.0 Å². The molecule has 5 heteroatoms. The fraction of sp³-hybridized carbons (Fsp3) is 0.909. The first-order valence-corrected chi connectivity index (χ1v) is 5.75. The van der Waals surface area contributed by atoms with Crippen molar-refractivity contribution in [1.82, 2.24) is 10.2 Å². The monoisotopic (exact) mass is 230 g/mol. The minimum atomic E-state index is -0.0287. The van der Waals surface area contributed by atoms with Gasteiger partial charge < -0.3 is 14.4 Å². The first kappa shape index (κ1) is 13.4. The molecule has 1 heterocycles. The highest BCUT2D eigenvalue weighted by Crippen LogP contribution is 2.11. The van der Waals surface area contributed by atoms with Crippen LogP contribution in [-0.2, 0) is 14.3 Å². The van der Waals surface area contributed by atoms with Crippen molar-refractivity contribution in [2.45, 2.75) is 19.9 Å². The van der Waals surface area contributed by atoms with Crippen LogP contribution >= 0.6 is 0 Å². The number of hydrogen-bond acceptors (Lipinski definition) is 4. The summed E-state index contributed by atoms with van der Waals surface area (Å²) in [7, 11) is 1.64. The van der Waals surface area contributed by atoms with Crippen molar-refractivity contribution in [3.8, 4) is 0 Å². The summed E-state index contributed by atoms with van der Waals surface area (Å²) >= 11 is 0. The highest BCUT2D eigenvalue weighted by atomic mass is 16.5. The number of rotatable bonds is 7. The van der Waals surface area contributed by atoms with Crippen LogP contribution < -0.4 is 5.32 Å². The molecule has 0 aromatic rings. The van der Waals surface area contributed by atoms with Gasteiger partial charge >= 0.3 is 0 Å². The lowest BCUT2D eigenvalue weighted by molar-refractivity contribution is -0.130. The van der Waals surface area contributed by atoms with Crippen LogP contribution in [0.25, 0.3) is 0 Å². The van der Waals surface area contributed by atoms with Gasteiger partial charge in [-0.25, -0.2) is 0 Å². The second-order valence-corrected chi connectivity index (χ2v) is 4.29. The molecule has 5 nitrogen and oxygen atoms in total. The van der Waals surface area contributed by atoms with Crippen LogP contribution in [0.5, 0.6) is 0 Å². The molecule has 1 aliphatic heterocycles. The summed E-state index contributed by atoms with van der Waals surface area (Å²) in [5, 5.41) is 3.20. The molecule has 1 amide bonds. The van der Waals surface area contributed by atoms with Gasteiger partial charge in [-0.3, -0.25) is 10.1 Å². The van der Waals surface area contributed by atoms with Gasteiger partial charge in [-0.2, -0.15) is 0 Å². The summed E-state index contributed by atoms with van der Waals surface area (Å²) in [6.45, 7) is 7.14. The van der Waals surface area contributed by atoms with Crippen LogP contribution in [0.15, 0.2) is 0 Å². The average molecular weight is 230 g/mol. The van der Waals surface area contributed by atoms with Crippen LogP contribution in [0.2, 0.25) is 0 Å². The van der Waals surface area contributed by atoms with Crippen molar-refractivity contribution in [2.24, 2.45) is 5.92 Å². The third-order valence-electron chi connectivity index (χ3n) is 2.68. The van der Waals surface area contributed by atoms with Gasteiger partial charge in [0.1, 0.15) is 0 Å². The van der Waals surface area contributed by atoms with Crippen LogP contribution in [0.4, 0.5) is 0 Å². The molecule has 0 saturated carbocycles. The van der Waals surface area contributed by atoms with E-state index < -0.39 is 0 Å². The van der Waals surface area contributed by atoms with Gasteiger partial charge in [0, 0.05) is 13.7 Å². The Morgan fingerprint density at radius 3 is 2.75 bits per heavy atom. The van der Waals surface area contributed by atoms with E-state index in [0.717, 1.165) is 0 Å². The van der Waals surface area contributed by atoms with E-state index >= 15 is 0 Å². The molecule has 1 aliphatic rings. The lowest BCUT2D eigenvalue weighted by Gasteiger charge is -2.16. The van der Waals surface area contributed by atoms with Gasteiger partial charge in [-0.1, -0.05) is 13.8 Å².